The molecule has 5 aromatic rings. The van der Waals surface area contributed by atoms with Crippen molar-refractivity contribution >= 4 is 17.2 Å². The molecule has 2 unspecified atom stereocenters. The Labute approximate surface area is 236 Å². The minimum Gasteiger partial charge on any atom is -0.419 e. The number of carbonyl (C=O) groups excluding carboxylic acids is 1. The number of thiazole rings is 1. The molecule has 4 heterocycles. The van der Waals surface area contributed by atoms with Gasteiger partial charge in [0.05, 0.1) is 11.6 Å². The van der Waals surface area contributed by atoms with Crippen LogP contribution in [0.25, 0.3) is 22.6 Å². The van der Waals surface area contributed by atoms with Gasteiger partial charge in [-0.25, -0.2) is 4.98 Å². The SMILES string of the molecule is Cc1csc(C2CCCN2C(=O)c2cc(-c3cccnc3)cc(-c3nnc(C(C)(N)Cc4ccccc4)o3)c2)n1. The van der Waals surface area contributed by atoms with Crippen molar-refractivity contribution in [3.8, 4) is 22.6 Å². The third-order valence-corrected chi connectivity index (χ3v) is 8.25. The number of hydrogen-bond acceptors (Lipinski definition) is 8. The zero-order valence-corrected chi connectivity index (χ0v) is 23.3. The minimum absolute atomic E-state index is 0.0253. The molecule has 1 fully saturated rings. The first-order valence-electron chi connectivity index (χ1n) is 13.3. The zero-order chi connectivity index (χ0) is 27.7. The Kier molecular flexibility index (Phi) is 7.00. The topological polar surface area (TPSA) is 111 Å². The van der Waals surface area contributed by atoms with E-state index in [1.165, 1.54) is 0 Å². The van der Waals surface area contributed by atoms with Crippen LogP contribution in [0.3, 0.4) is 0 Å². The van der Waals surface area contributed by atoms with Crippen LogP contribution in [-0.4, -0.2) is 37.5 Å². The molecule has 8 nitrogen and oxygen atoms in total. The maximum absolute atomic E-state index is 14.0. The molecule has 0 aliphatic carbocycles. The summed E-state index contributed by atoms with van der Waals surface area (Å²) >= 11 is 1.61. The van der Waals surface area contributed by atoms with Gasteiger partial charge in [-0.3, -0.25) is 9.78 Å². The third kappa shape index (κ3) is 5.30. The maximum Gasteiger partial charge on any atom is 0.254 e. The molecule has 2 aromatic carbocycles. The summed E-state index contributed by atoms with van der Waals surface area (Å²) in [6.07, 6.45) is 5.89. The molecule has 40 heavy (non-hydrogen) atoms. The molecular weight excluding hydrogens is 520 g/mol. The van der Waals surface area contributed by atoms with Crippen molar-refractivity contribution in [2.45, 2.75) is 44.7 Å². The molecule has 1 aliphatic rings. The van der Waals surface area contributed by atoms with E-state index in [1.54, 1.807) is 23.7 Å². The number of aromatic nitrogens is 4. The number of pyridine rings is 1. The Morgan fingerprint density at radius 1 is 1.10 bits per heavy atom. The number of nitrogens with zero attached hydrogens (tertiary/aromatic N) is 5. The van der Waals surface area contributed by atoms with Gasteiger partial charge in [-0.2, -0.15) is 0 Å². The predicted molar refractivity (Wildman–Crippen MR) is 155 cm³/mol. The third-order valence-electron chi connectivity index (χ3n) is 7.19. The molecular formula is C31H30N6O2S. The Morgan fingerprint density at radius 3 is 2.67 bits per heavy atom. The van der Waals surface area contributed by atoms with Crippen LogP contribution in [0, 0.1) is 6.92 Å². The number of rotatable bonds is 7. The average Bonchev–Trinajstić information content (AvgIpc) is 3.74. The summed E-state index contributed by atoms with van der Waals surface area (Å²) in [6, 6.07) is 19.5. The van der Waals surface area contributed by atoms with E-state index in [4.69, 9.17) is 10.2 Å². The molecule has 9 heteroatoms. The average molecular weight is 551 g/mol. The lowest BCUT2D eigenvalue weighted by atomic mass is 9.94. The molecule has 0 saturated carbocycles. The summed E-state index contributed by atoms with van der Waals surface area (Å²) in [7, 11) is 0. The van der Waals surface area contributed by atoms with E-state index in [2.05, 4.69) is 20.2 Å². The highest BCUT2D eigenvalue weighted by Gasteiger charge is 2.33. The largest absolute Gasteiger partial charge is 0.419 e. The second-order valence-electron chi connectivity index (χ2n) is 10.5. The van der Waals surface area contributed by atoms with E-state index >= 15 is 0 Å². The first-order chi connectivity index (χ1) is 19.4. The van der Waals surface area contributed by atoms with Crippen molar-refractivity contribution in [3.63, 3.8) is 0 Å². The number of aryl methyl sites for hydroxylation is 1. The molecule has 0 bridgehead atoms. The van der Waals surface area contributed by atoms with E-state index in [0.29, 0.717) is 35.9 Å². The van der Waals surface area contributed by atoms with Crippen molar-refractivity contribution < 1.29 is 9.21 Å². The van der Waals surface area contributed by atoms with Crippen LogP contribution in [0.2, 0.25) is 0 Å². The molecule has 1 amide bonds. The number of nitrogens with two attached hydrogens (primary N) is 1. The molecule has 2 N–H and O–H groups in total. The standard InChI is InChI=1S/C31H30N6O2S/c1-20-19-40-28(34-20)26-11-7-13-37(26)29(38)25-15-23(22-10-6-12-33-18-22)14-24(16-25)27-35-36-30(39-27)31(2,32)17-21-8-4-3-5-9-21/h3-6,8-10,12,14-16,18-19,26H,7,11,13,17,32H2,1-2H3. The number of benzene rings is 2. The Bertz CT molecular complexity index is 1630. The molecule has 202 valence electrons. The summed E-state index contributed by atoms with van der Waals surface area (Å²) in [4.78, 5) is 24.9. The first kappa shape index (κ1) is 26.0. The molecule has 1 aliphatic heterocycles. The van der Waals surface area contributed by atoms with Gasteiger partial charge in [0, 0.05) is 46.7 Å². The van der Waals surface area contributed by atoms with Gasteiger partial charge in [0.2, 0.25) is 11.8 Å². The van der Waals surface area contributed by atoms with Gasteiger partial charge in [0.1, 0.15) is 5.01 Å². The lowest BCUT2D eigenvalue weighted by Crippen LogP contribution is -2.35. The van der Waals surface area contributed by atoms with Crippen LogP contribution in [-0.2, 0) is 12.0 Å². The quantitative estimate of drug-likeness (QED) is 0.266. The van der Waals surface area contributed by atoms with Crippen molar-refractivity contribution in [3.05, 3.63) is 106 Å². The van der Waals surface area contributed by atoms with Crippen molar-refractivity contribution in [1.29, 1.82) is 0 Å². The fourth-order valence-electron chi connectivity index (χ4n) is 5.20. The second kappa shape index (κ2) is 10.7. The molecule has 6 rings (SSSR count). The van der Waals surface area contributed by atoms with Crippen LogP contribution >= 0.6 is 11.3 Å². The molecule has 0 spiro atoms. The fourth-order valence-corrected chi connectivity index (χ4v) is 6.14. The van der Waals surface area contributed by atoms with Crippen LogP contribution in [0.15, 0.2) is 82.9 Å². The van der Waals surface area contributed by atoms with Crippen LogP contribution < -0.4 is 5.73 Å². The second-order valence-corrected chi connectivity index (χ2v) is 11.4. The van der Waals surface area contributed by atoms with Gasteiger partial charge in [-0.05, 0) is 68.5 Å². The predicted octanol–water partition coefficient (Wildman–Crippen LogP) is 5.96. The highest BCUT2D eigenvalue weighted by atomic mass is 32.1. The summed E-state index contributed by atoms with van der Waals surface area (Å²) < 4.78 is 6.15. The minimum atomic E-state index is -0.860. The Hall–Kier alpha value is -4.21. The number of amides is 1. The van der Waals surface area contributed by atoms with Gasteiger partial charge in [0.25, 0.3) is 5.91 Å². The van der Waals surface area contributed by atoms with E-state index in [-0.39, 0.29) is 11.9 Å². The Balaban J connectivity index is 1.36. The maximum atomic E-state index is 14.0. The van der Waals surface area contributed by atoms with Crippen molar-refractivity contribution in [2.24, 2.45) is 5.73 Å². The summed E-state index contributed by atoms with van der Waals surface area (Å²) in [5, 5.41) is 11.7. The van der Waals surface area contributed by atoms with E-state index in [9.17, 15) is 4.79 Å². The van der Waals surface area contributed by atoms with Crippen LogP contribution in [0.5, 0.6) is 0 Å². The van der Waals surface area contributed by atoms with Gasteiger partial charge in [-0.1, -0.05) is 36.4 Å². The molecule has 0 radical (unpaired) electrons. The summed E-state index contributed by atoms with van der Waals surface area (Å²) in [5.41, 5.74) is 10.8. The molecule has 3 aromatic heterocycles. The van der Waals surface area contributed by atoms with E-state index < -0.39 is 5.54 Å². The smallest absolute Gasteiger partial charge is 0.254 e. The molecule has 1 saturated heterocycles. The fraction of sp³-hybridized carbons (Fsp3) is 0.258. The first-order valence-corrected chi connectivity index (χ1v) is 14.2. The van der Waals surface area contributed by atoms with E-state index in [1.807, 2.05) is 84.8 Å². The van der Waals surface area contributed by atoms with Gasteiger partial charge in [-0.15, -0.1) is 21.5 Å². The number of carbonyl (C=O) groups is 1. The lowest BCUT2D eigenvalue weighted by molar-refractivity contribution is 0.0735. The van der Waals surface area contributed by atoms with Crippen LogP contribution in [0.4, 0.5) is 0 Å². The summed E-state index contributed by atoms with van der Waals surface area (Å²) in [6.45, 7) is 4.55. The number of hydrogen-bond donors (Lipinski definition) is 1. The monoisotopic (exact) mass is 550 g/mol. The lowest BCUT2D eigenvalue weighted by Gasteiger charge is -2.23. The highest BCUT2D eigenvalue weighted by molar-refractivity contribution is 7.09. The van der Waals surface area contributed by atoms with Crippen LogP contribution in [0.1, 0.15) is 58.3 Å². The van der Waals surface area contributed by atoms with E-state index in [0.717, 1.165) is 40.2 Å². The highest BCUT2D eigenvalue weighted by Crippen LogP contribution is 2.36. The summed E-state index contributed by atoms with van der Waals surface area (Å²) in [5.74, 6) is 0.604. The zero-order valence-electron chi connectivity index (χ0n) is 22.4. The molecule has 2 atom stereocenters. The Morgan fingerprint density at radius 2 is 1.93 bits per heavy atom. The van der Waals surface area contributed by atoms with Gasteiger partial charge in [0.15, 0.2) is 0 Å². The van der Waals surface area contributed by atoms with Gasteiger partial charge < -0.3 is 15.1 Å². The number of likely N-dealkylation sites (tertiary alicyclic amines) is 1. The van der Waals surface area contributed by atoms with Crippen molar-refractivity contribution in [1.82, 2.24) is 25.1 Å². The van der Waals surface area contributed by atoms with Gasteiger partial charge >= 0.3 is 0 Å². The normalized spacial score (nSPS) is 16.7. The van der Waals surface area contributed by atoms with Crippen molar-refractivity contribution in [2.75, 3.05) is 6.54 Å².